The maximum absolute atomic E-state index is 12.6. The SMILES string of the molecule is CN(C)CCNC(=O)CC1CC2(CCN(S(=O)(=O)C3CC3)CC2)c2ccccc21.O=C(O)C(F)(F)F. The van der Waals surface area contributed by atoms with Gasteiger partial charge in [0.05, 0.1) is 5.25 Å². The summed E-state index contributed by atoms with van der Waals surface area (Å²) in [4.78, 5) is 23.5. The number of amides is 1. The van der Waals surface area contributed by atoms with Gasteiger partial charge in [-0.15, -0.1) is 0 Å². The van der Waals surface area contributed by atoms with Crippen molar-refractivity contribution in [3.8, 4) is 0 Å². The number of carboxylic acid groups (broad SMARTS) is 1. The lowest BCUT2D eigenvalue weighted by atomic mass is 9.73. The van der Waals surface area contributed by atoms with Crippen LogP contribution in [0, 0.1) is 0 Å². The van der Waals surface area contributed by atoms with Crippen LogP contribution in [-0.2, 0) is 25.0 Å². The lowest BCUT2D eigenvalue weighted by Gasteiger charge is -2.40. The number of carboxylic acids is 1. The first-order valence-corrected chi connectivity index (χ1v) is 13.6. The normalized spacial score (nSPS) is 21.6. The molecule has 1 aromatic rings. The van der Waals surface area contributed by atoms with Gasteiger partial charge >= 0.3 is 12.1 Å². The van der Waals surface area contributed by atoms with Crippen LogP contribution in [0.2, 0.25) is 0 Å². The van der Waals surface area contributed by atoms with E-state index in [1.165, 1.54) is 11.1 Å². The first-order valence-electron chi connectivity index (χ1n) is 12.1. The molecule has 8 nitrogen and oxygen atoms in total. The summed E-state index contributed by atoms with van der Waals surface area (Å²) in [5, 5.41) is 10.0. The molecule has 36 heavy (non-hydrogen) atoms. The summed E-state index contributed by atoms with van der Waals surface area (Å²) in [6.07, 6.45) is -0.278. The van der Waals surface area contributed by atoms with Gasteiger partial charge in [0.1, 0.15) is 0 Å². The Labute approximate surface area is 209 Å². The Morgan fingerprint density at radius 3 is 2.28 bits per heavy atom. The maximum Gasteiger partial charge on any atom is 0.490 e. The number of piperidine rings is 1. The number of rotatable bonds is 7. The molecule has 1 saturated carbocycles. The Morgan fingerprint density at radius 1 is 1.17 bits per heavy atom. The molecular formula is C24H34F3N3O5S. The molecular weight excluding hydrogens is 499 g/mol. The molecule has 0 radical (unpaired) electrons. The molecule has 1 unspecified atom stereocenters. The van der Waals surface area contributed by atoms with E-state index >= 15 is 0 Å². The molecule has 1 aliphatic heterocycles. The zero-order valence-corrected chi connectivity index (χ0v) is 21.4. The highest BCUT2D eigenvalue weighted by Gasteiger charge is 2.49. The van der Waals surface area contributed by atoms with Crippen LogP contribution in [0.4, 0.5) is 13.2 Å². The summed E-state index contributed by atoms with van der Waals surface area (Å²) in [6, 6.07) is 8.49. The number of hydrogen-bond acceptors (Lipinski definition) is 5. The fourth-order valence-corrected chi connectivity index (χ4v) is 6.99. The van der Waals surface area contributed by atoms with Crippen LogP contribution in [0.15, 0.2) is 24.3 Å². The van der Waals surface area contributed by atoms with Crippen molar-refractivity contribution >= 4 is 21.9 Å². The van der Waals surface area contributed by atoms with Gasteiger partial charge < -0.3 is 15.3 Å². The number of benzene rings is 1. The molecule has 1 atom stereocenters. The van der Waals surface area contributed by atoms with Crippen LogP contribution < -0.4 is 5.32 Å². The van der Waals surface area contributed by atoms with Crippen LogP contribution in [0.5, 0.6) is 0 Å². The minimum atomic E-state index is -5.08. The summed E-state index contributed by atoms with van der Waals surface area (Å²) in [5.74, 6) is -2.43. The van der Waals surface area contributed by atoms with Crippen molar-refractivity contribution in [3.63, 3.8) is 0 Å². The first-order chi connectivity index (χ1) is 16.8. The van der Waals surface area contributed by atoms with E-state index in [9.17, 15) is 26.4 Å². The van der Waals surface area contributed by atoms with E-state index < -0.39 is 22.2 Å². The summed E-state index contributed by atoms with van der Waals surface area (Å²) in [7, 11) is 0.901. The van der Waals surface area contributed by atoms with E-state index in [0.717, 1.165) is 38.6 Å². The molecule has 1 saturated heterocycles. The fraction of sp³-hybridized carbons (Fsp3) is 0.667. The largest absolute Gasteiger partial charge is 0.490 e. The van der Waals surface area contributed by atoms with Gasteiger partial charge in [-0.05, 0) is 68.7 Å². The van der Waals surface area contributed by atoms with Gasteiger partial charge in [-0.25, -0.2) is 17.5 Å². The van der Waals surface area contributed by atoms with Crippen LogP contribution >= 0.6 is 0 Å². The zero-order chi connectivity index (χ0) is 26.7. The number of halogens is 3. The topological polar surface area (TPSA) is 107 Å². The minimum Gasteiger partial charge on any atom is -0.475 e. The standard InChI is InChI=1S/C22H33N3O3S.C2HF3O2/c1-24(2)14-11-23-21(26)15-17-16-22(20-6-4-3-5-19(17)20)9-12-25(13-10-22)29(27,28)18-7-8-18;3-2(4,5)1(6)7/h3-6,17-18H,7-16H2,1-2H3,(H,23,26);(H,6,7). The third-order valence-electron chi connectivity index (χ3n) is 7.15. The number of likely N-dealkylation sites (N-methyl/N-ethyl adjacent to an activating group) is 1. The second kappa shape index (κ2) is 11.1. The predicted octanol–water partition coefficient (Wildman–Crippen LogP) is 2.70. The third-order valence-corrected chi connectivity index (χ3v) is 9.55. The van der Waals surface area contributed by atoms with E-state index in [1.807, 2.05) is 14.1 Å². The van der Waals surface area contributed by atoms with Crippen LogP contribution in [-0.4, -0.2) is 86.3 Å². The van der Waals surface area contributed by atoms with Crippen molar-refractivity contribution in [2.24, 2.45) is 0 Å². The van der Waals surface area contributed by atoms with E-state index in [4.69, 9.17) is 9.90 Å². The predicted molar refractivity (Wildman–Crippen MR) is 128 cm³/mol. The highest BCUT2D eigenvalue weighted by atomic mass is 32.2. The number of sulfonamides is 1. The van der Waals surface area contributed by atoms with E-state index in [1.54, 1.807) is 4.31 Å². The van der Waals surface area contributed by atoms with E-state index in [2.05, 4.69) is 34.5 Å². The molecule has 202 valence electrons. The molecule has 0 aromatic heterocycles. The Morgan fingerprint density at radius 2 is 1.75 bits per heavy atom. The first kappa shape index (κ1) is 28.4. The van der Waals surface area contributed by atoms with Gasteiger partial charge in [-0.2, -0.15) is 13.2 Å². The van der Waals surface area contributed by atoms with Crippen molar-refractivity contribution in [1.82, 2.24) is 14.5 Å². The number of fused-ring (bicyclic) bond motifs is 2. The number of carbonyl (C=O) groups excluding carboxylic acids is 1. The molecule has 1 amide bonds. The molecule has 2 fully saturated rings. The summed E-state index contributed by atoms with van der Waals surface area (Å²) < 4.78 is 58.7. The zero-order valence-electron chi connectivity index (χ0n) is 20.6. The van der Waals surface area contributed by atoms with Crippen molar-refractivity contribution in [2.45, 2.75) is 61.3 Å². The summed E-state index contributed by atoms with van der Waals surface area (Å²) >= 11 is 0. The molecule has 0 bridgehead atoms. The Kier molecular flexibility index (Phi) is 8.72. The number of hydrogen-bond donors (Lipinski definition) is 2. The summed E-state index contributed by atoms with van der Waals surface area (Å²) in [6.45, 7) is 2.71. The molecule has 2 N–H and O–H groups in total. The Balaban J connectivity index is 0.000000454. The average molecular weight is 534 g/mol. The number of alkyl halides is 3. The van der Waals surface area contributed by atoms with Crippen LogP contribution in [0.25, 0.3) is 0 Å². The smallest absolute Gasteiger partial charge is 0.475 e. The minimum absolute atomic E-state index is 0.0146. The quantitative estimate of drug-likeness (QED) is 0.558. The molecule has 2 aliphatic carbocycles. The Hall–Kier alpha value is -2.18. The highest BCUT2D eigenvalue weighted by Crippen LogP contribution is 2.53. The van der Waals surface area contributed by atoms with Crippen molar-refractivity contribution in [3.05, 3.63) is 35.4 Å². The van der Waals surface area contributed by atoms with Gasteiger partial charge in [0.2, 0.25) is 15.9 Å². The second-order valence-electron chi connectivity index (χ2n) is 10.1. The van der Waals surface area contributed by atoms with Crippen LogP contribution in [0.3, 0.4) is 0 Å². The van der Waals surface area contributed by atoms with Crippen molar-refractivity contribution in [2.75, 3.05) is 40.3 Å². The number of aliphatic carboxylic acids is 1. The van der Waals surface area contributed by atoms with E-state index in [-0.39, 0.29) is 22.5 Å². The second-order valence-corrected chi connectivity index (χ2v) is 12.3. The Bertz CT molecular complexity index is 1050. The monoisotopic (exact) mass is 533 g/mol. The molecule has 1 spiro atoms. The average Bonchev–Trinajstić information content (AvgIpc) is 3.61. The molecule has 3 aliphatic rings. The van der Waals surface area contributed by atoms with Crippen molar-refractivity contribution in [1.29, 1.82) is 0 Å². The van der Waals surface area contributed by atoms with Gasteiger partial charge in [0.15, 0.2) is 0 Å². The van der Waals surface area contributed by atoms with Crippen LogP contribution in [0.1, 0.15) is 55.6 Å². The number of nitrogens with zero attached hydrogens (tertiary/aromatic N) is 2. The van der Waals surface area contributed by atoms with Gasteiger partial charge in [0.25, 0.3) is 0 Å². The summed E-state index contributed by atoms with van der Waals surface area (Å²) in [5.41, 5.74) is 2.64. The lowest BCUT2D eigenvalue weighted by molar-refractivity contribution is -0.192. The van der Waals surface area contributed by atoms with Gasteiger partial charge in [0, 0.05) is 32.6 Å². The maximum atomic E-state index is 12.6. The third kappa shape index (κ3) is 6.77. The van der Waals surface area contributed by atoms with Crippen molar-refractivity contribution < 1.29 is 36.3 Å². The molecule has 4 rings (SSSR count). The highest BCUT2D eigenvalue weighted by molar-refractivity contribution is 7.90. The molecule has 1 heterocycles. The lowest BCUT2D eigenvalue weighted by Crippen LogP contribution is -2.45. The molecule has 12 heteroatoms. The van der Waals surface area contributed by atoms with Gasteiger partial charge in [-0.3, -0.25) is 4.79 Å². The molecule has 1 aromatic carbocycles. The number of carbonyl (C=O) groups is 2. The van der Waals surface area contributed by atoms with Gasteiger partial charge in [-0.1, -0.05) is 24.3 Å². The fourth-order valence-electron chi connectivity index (χ4n) is 5.14. The van der Waals surface area contributed by atoms with E-state index in [0.29, 0.717) is 26.1 Å². The number of nitrogens with one attached hydrogen (secondary N) is 1.